The molecule has 18 heavy (non-hydrogen) atoms. The molecule has 0 amide bonds. The summed E-state index contributed by atoms with van der Waals surface area (Å²) < 4.78 is 4.97. The maximum Gasteiger partial charge on any atom is 0.417 e. The van der Waals surface area contributed by atoms with Gasteiger partial charge in [-0.2, -0.15) is 0 Å². The van der Waals surface area contributed by atoms with Crippen molar-refractivity contribution in [2.24, 2.45) is 5.73 Å². The molecule has 2 aromatic rings. The van der Waals surface area contributed by atoms with E-state index < -0.39 is 5.76 Å². The van der Waals surface area contributed by atoms with Gasteiger partial charge < -0.3 is 15.5 Å². The van der Waals surface area contributed by atoms with Crippen molar-refractivity contribution >= 4 is 11.1 Å². The third kappa shape index (κ3) is 2.05. The highest BCUT2D eigenvalue weighted by Gasteiger charge is 2.18. The zero-order chi connectivity index (χ0) is 12.5. The van der Waals surface area contributed by atoms with E-state index >= 15 is 0 Å². The maximum atomic E-state index is 11.1. The standard InChI is InChI=1S/C12H16N4O2/c13-11(16-5-3-14-4-6-16)8-1-2-10-9(7-8)15-12(17)18-10/h1-2,7,11,14H,3-6,13H2,(H,15,17). The molecule has 1 aliphatic rings. The van der Waals surface area contributed by atoms with Gasteiger partial charge in [0.25, 0.3) is 0 Å². The first-order valence-electron chi connectivity index (χ1n) is 6.07. The predicted molar refractivity (Wildman–Crippen MR) is 68.2 cm³/mol. The second-order valence-electron chi connectivity index (χ2n) is 4.50. The molecule has 0 spiro atoms. The monoisotopic (exact) mass is 248 g/mol. The summed E-state index contributed by atoms with van der Waals surface area (Å²) in [6, 6.07) is 5.57. The van der Waals surface area contributed by atoms with Crippen LogP contribution in [0, 0.1) is 0 Å². The summed E-state index contributed by atoms with van der Waals surface area (Å²) in [7, 11) is 0. The zero-order valence-electron chi connectivity index (χ0n) is 9.98. The smallest absolute Gasteiger partial charge is 0.408 e. The number of fused-ring (bicyclic) bond motifs is 1. The Kier molecular flexibility index (Phi) is 2.91. The summed E-state index contributed by atoms with van der Waals surface area (Å²) in [4.78, 5) is 16.0. The number of aromatic amines is 1. The minimum Gasteiger partial charge on any atom is -0.408 e. The fourth-order valence-electron chi connectivity index (χ4n) is 2.32. The SMILES string of the molecule is NC(c1ccc2oc(=O)[nH]c2c1)N1CCNCC1. The Morgan fingerprint density at radius 3 is 2.89 bits per heavy atom. The third-order valence-electron chi connectivity index (χ3n) is 3.33. The van der Waals surface area contributed by atoms with Crippen molar-refractivity contribution < 1.29 is 4.42 Å². The predicted octanol–water partition coefficient (Wildman–Crippen LogP) is -0.0164. The molecule has 1 aromatic carbocycles. The molecule has 96 valence electrons. The summed E-state index contributed by atoms with van der Waals surface area (Å²) in [5.74, 6) is -0.433. The Bertz CT molecular complexity index is 597. The van der Waals surface area contributed by atoms with Crippen molar-refractivity contribution in [3.05, 3.63) is 34.3 Å². The molecule has 1 saturated heterocycles. The summed E-state index contributed by atoms with van der Waals surface area (Å²) in [6.07, 6.45) is -0.144. The van der Waals surface area contributed by atoms with Gasteiger partial charge >= 0.3 is 5.76 Å². The normalized spacial score (nSPS) is 19.2. The second-order valence-corrected chi connectivity index (χ2v) is 4.50. The number of hydrogen-bond acceptors (Lipinski definition) is 5. The fourth-order valence-corrected chi connectivity index (χ4v) is 2.32. The molecule has 1 aromatic heterocycles. The minimum absolute atomic E-state index is 0.144. The van der Waals surface area contributed by atoms with E-state index in [0.29, 0.717) is 11.1 Å². The lowest BCUT2D eigenvalue weighted by molar-refractivity contribution is 0.177. The molecule has 0 radical (unpaired) electrons. The molecule has 2 heterocycles. The number of hydrogen-bond donors (Lipinski definition) is 3. The van der Waals surface area contributed by atoms with Crippen molar-refractivity contribution in [3.63, 3.8) is 0 Å². The van der Waals surface area contributed by atoms with Crippen LogP contribution < -0.4 is 16.8 Å². The lowest BCUT2D eigenvalue weighted by atomic mass is 10.1. The minimum atomic E-state index is -0.433. The van der Waals surface area contributed by atoms with Gasteiger partial charge in [0.15, 0.2) is 5.58 Å². The zero-order valence-corrected chi connectivity index (χ0v) is 9.98. The molecule has 1 aliphatic heterocycles. The largest absolute Gasteiger partial charge is 0.417 e. The molecule has 1 unspecified atom stereocenters. The highest BCUT2D eigenvalue weighted by molar-refractivity contribution is 5.72. The van der Waals surface area contributed by atoms with Gasteiger partial charge in [-0.1, -0.05) is 6.07 Å². The molecular formula is C12H16N4O2. The molecule has 0 bridgehead atoms. The Morgan fingerprint density at radius 1 is 1.33 bits per heavy atom. The van der Waals surface area contributed by atoms with Crippen LogP contribution in [0.1, 0.15) is 11.7 Å². The Hall–Kier alpha value is -1.63. The van der Waals surface area contributed by atoms with E-state index in [0.717, 1.165) is 31.7 Å². The number of rotatable bonds is 2. The van der Waals surface area contributed by atoms with Crippen LogP contribution in [-0.4, -0.2) is 36.1 Å². The van der Waals surface area contributed by atoms with Crippen LogP contribution in [0.15, 0.2) is 27.4 Å². The summed E-state index contributed by atoms with van der Waals surface area (Å²) in [6.45, 7) is 3.78. The molecule has 0 aliphatic carbocycles. The Morgan fingerprint density at radius 2 is 2.11 bits per heavy atom. The van der Waals surface area contributed by atoms with Gasteiger partial charge in [0.05, 0.1) is 11.7 Å². The number of H-pyrrole nitrogens is 1. The lowest BCUT2D eigenvalue weighted by Gasteiger charge is -2.32. The van der Waals surface area contributed by atoms with Gasteiger partial charge in [-0.25, -0.2) is 4.79 Å². The topological polar surface area (TPSA) is 87.3 Å². The van der Waals surface area contributed by atoms with E-state index in [1.165, 1.54) is 0 Å². The number of nitrogens with two attached hydrogens (primary N) is 1. The third-order valence-corrected chi connectivity index (χ3v) is 3.33. The van der Waals surface area contributed by atoms with Crippen LogP contribution in [0.4, 0.5) is 0 Å². The van der Waals surface area contributed by atoms with Gasteiger partial charge in [-0.15, -0.1) is 0 Å². The summed E-state index contributed by atoms with van der Waals surface area (Å²) in [5.41, 5.74) is 8.49. The first-order valence-corrected chi connectivity index (χ1v) is 6.07. The molecule has 1 atom stereocenters. The highest BCUT2D eigenvalue weighted by atomic mass is 16.4. The van der Waals surface area contributed by atoms with Crippen molar-refractivity contribution in [1.82, 2.24) is 15.2 Å². The van der Waals surface area contributed by atoms with Crippen LogP contribution in [0.25, 0.3) is 11.1 Å². The number of piperazine rings is 1. The second kappa shape index (κ2) is 4.56. The first-order chi connectivity index (χ1) is 8.74. The van der Waals surface area contributed by atoms with Crippen molar-refractivity contribution in [1.29, 1.82) is 0 Å². The number of nitrogens with zero attached hydrogens (tertiary/aromatic N) is 1. The van der Waals surface area contributed by atoms with Crippen LogP contribution in [0.2, 0.25) is 0 Å². The average Bonchev–Trinajstić information content (AvgIpc) is 2.78. The summed E-state index contributed by atoms with van der Waals surface area (Å²) >= 11 is 0. The van der Waals surface area contributed by atoms with Gasteiger partial charge in [-0.3, -0.25) is 9.88 Å². The summed E-state index contributed by atoms with van der Waals surface area (Å²) in [5, 5.41) is 3.29. The van der Waals surface area contributed by atoms with Crippen molar-refractivity contribution in [2.45, 2.75) is 6.17 Å². The van der Waals surface area contributed by atoms with Gasteiger partial charge in [0, 0.05) is 26.2 Å². The van der Waals surface area contributed by atoms with Crippen LogP contribution in [-0.2, 0) is 0 Å². The average molecular weight is 248 g/mol. The highest BCUT2D eigenvalue weighted by Crippen LogP contribution is 2.19. The molecule has 6 heteroatoms. The number of aromatic nitrogens is 1. The van der Waals surface area contributed by atoms with Crippen LogP contribution in [0.3, 0.4) is 0 Å². The number of nitrogens with one attached hydrogen (secondary N) is 2. The van der Waals surface area contributed by atoms with Crippen LogP contribution in [0.5, 0.6) is 0 Å². The molecule has 4 N–H and O–H groups in total. The maximum absolute atomic E-state index is 11.1. The van der Waals surface area contributed by atoms with E-state index in [1.54, 1.807) is 6.07 Å². The lowest BCUT2D eigenvalue weighted by Crippen LogP contribution is -2.47. The van der Waals surface area contributed by atoms with Gasteiger partial charge in [-0.05, 0) is 17.7 Å². The molecule has 6 nitrogen and oxygen atoms in total. The molecule has 3 rings (SSSR count). The molecular weight excluding hydrogens is 232 g/mol. The molecule has 0 saturated carbocycles. The van der Waals surface area contributed by atoms with E-state index in [9.17, 15) is 4.79 Å². The number of benzene rings is 1. The number of oxazole rings is 1. The quantitative estimate of drug-likeness (QED) is 0.695. The van der Waals surface area contributed by atoms with E-state index in [4.69, 9.17) is 10.2 Å². The Labute approximate surface area is 104 Å². The van der Waals surface area contributed by atoms with Crippen molar-refractivity contribution in [2.75, 3.05) is 26.2 Å². The first kappa shape index (κ1) is 11.5. The van der Waals surface area contributed by atoms with Gasteiger partial charge in [0.1, 0.15) is 0 Å². The fraction of sp³-hybridized carbons (Fsp3) is 0.417. The van der Waals surface area contributed by atoms with E-state index in [-0.39, 0.29) is 6.17 Å². The van der Waals surface area contributed by atoms with E-state index in [1.807, 2.05) is 12.1 Å². The molecule has 1 fully saturated rings. The Balaban J connectivity index is 1.90. The van der Waals surface area contributed by atoms with Gasteiger partial charge in [0.2, 0.25) is 0 Å². The van der Waals surface area contributed by atoms with E-state index in [2.05, 4.69) is 15.2 Å². The van der Waals surface area contributed by atoms with Crippen molar-refractivity contribution in [3.8, 4) is 0 Å². The van der Waals surface area contributed by atoms with Crippen LogP contribution >= 0.6 is 0 Å².